The molecule has 2 N–H and O–H groups in total. The zero-order chi connectivity index (χ0) is 11.4. The van der Waals surface area contributed by atoms with E-state index in [1.165, 1.54) is 0 Å². The molecule has 1 unspecified atom stereocenters. The van der Waals surface area contributed by atoms with Crippen LogP contribution in [0.25, 0.3) is 0 Å². The first-order valence-corrected chi connectivity index (χ1v) is 5.06. The highest BCUT2D eigenvalue weighted by Crippen LogP contribution is 2.20. The van der Waals surface area contributed by atoms with Gasteiger partial charge in [0.15, 0.2) is 0 Å². The highest BCUT2D eigenvalue weighted by Gasteiger charge is 2.03. The van der Waals surface area contributed by atoms with Crippen LogP contribution in [0.15, 0.2) is 42.7 Å². The van der Waals surface area contributed by atoms with Gasteiger partial charge in [-0.2, -0.15) is 0 Å². The molecule has 2 aromatic rings. The lowest BCUT2D eigenvalue weighted by Gasteiger charge is -2.08. The largest absolute Gasteiger partial charge is 0.424 e. The number of hydrogen-bond acceptors (Lipinski definition) is 4. The zero-order valence-corrected chi connectivity index (χ0v) is 10.2. The minimum Gasteiger partial charge on any atom is -0.424 e. The van der Waals surface area contributed by atoms with E-state index < -0.39 is 0 Å². The molecule has 0 aliphatic carbocycles. The summed E-state index contributed by atoms with van der Waals surface area (Å²) in [7, 11) is 0. The first-order valence-electron chi connectivity index (χ1n) is 5.06. The lowest BCUT2D eigenvalue weighted by atomic mass is 10.1. The second-order valence-corrected chi connectivity index (χ2v) is 3.49. The molecule has 0 aliphatic heterocycles. The van der Waals surface area contributed by atoms with Crippen molar-refractivity contribution < 1.29 is 4.74 Å². The monoisotopic (exact) mass is 251 g/mol. The van der Waals surface area contributed by atoms with Gasteiger partial charge in [0, 0.05) is 18.4 Å². The van der Waals surface area contributed by atoms with Gasteiger partial charge in [-0.05, 0) is 30.7 Å². The molecule has 17 heavy (non-hydrogen) atoms. The molecule has 0 aliphatic rings. The molecular formula is C12H14ClN3O. The molecule has 0 amide bonds. The Kier molecular flexibility index (Phi) is 4.87. The van der Waals surface area contributed by atoms with Gasteiger partial charge in [0.1, 0.15) is 5.75 Å². The van der Waals surface area contributed by atoms with E-state index in [-0.39, 0.29) is 18.4 Å². The van der Waals surface area contributed by atoms with Crippen molar-refractivity contribution in [1.82, 2.24) is 9.97 Å². The van der Waals surface area contributed by atoms with Crippen molar-refractivity contribution in [2.45, 2.75) is 13.0 Å². The lowest BCUT2D eigenvalue weighted by molar-refractivity contribution is 0.441. The number of hydrogen-bond donors (Lipinski definition) is 1. The summed E-state index contributed by atoms with van der Waals surface area (Å²) in [6, 6.07) is 9.67. The summed E-state index contributed by atoms with van der Waals surface area (Å²) in [4.78, 5) is 7.97. The van der Waals surface area contributed by atoms with Gasteiger partial charge in [0.2, 0.25) is 0 Å². The van der Waals surface area contributed by atoms with Crippen LogP contribution in [0.5, 0.6) is 11.8 Å². The number of halogens is 1. The Morgan fingerprint density at radius 1 is 1.18 bits per heavy atom. The fourth-order valence-electron chi connectivity index (χ4n) is 1.30. The summed E-state index contributed by atoms with van der Waals surface area (Å²) in [6.45, 7) is 1.93. The molecule has 0 radical (unpaired) electrons. The van der Waals surface area contributed by atoms with E-state index in [0.29, 0.717) is 11.8 Å². The van der Waals surface area contributed by atoms with Crippen LogP contribution in [0.4, 0.5) is 0 Å². The van der Waals surface area contributed by atoms with Gasteiger partial charge in [-0.3, -0.25) is 0 Å². The number of rotatable bonds is 3. The Hall–Kier alpha value is -1.65. The fraction of sp³-hybridized carbons (Fsp3) is 0.167. The third-order valence-electron chi connectivity index (χ3n) is 2.14. The number of aromatic nitrogens is 2. The minimum absolute atomic E-state index is 0. The van der Waals surface area contributed by atoms with Gasteiger partial charge >= 0.3 is 6.01 Å². The summed E-state index contributed by atoms with van der Waals surface area (Å²) in [5.74, 6) is 0.695. The van der Waals surface area contributed by atoms with Crippen molar-refractivity contribution in [3.8, 4) is 11.8 Å². The van der Waals surface area contributed by atoms with Crippen LogP contribution in [0.2, 0.25) is 0 Å². The van der Waals surface area contributed by atoms with Gasteiger partial charge in [-0.15, -0.1) is 12.4 Å². The van der Waals surface area contributed by atoms with E-state index in [4.69, 9.17) is 10.5 Å². The molecule has 2 rings (SSSR count). The summed E-state index contributed by atoms with van der Waals surface area (Å²) >= 11 is 0. The number of ether oxygens (including phenoxy) is 1. The van der Waals surface area contributed by atoms with Gasteiger partial charge in [0.05, 0.1) is 0 Å². The van der Waals surface area contributed by atoms with Crippen molar-refractivity contribution in [2.24, 2.45) is 5.73 Å². The van der Waals surface area contributed by atoms with Crippen molar-refractivity contribution in [3.05, 3.63) is 48.3 Å². The topological polar surface area (TPSA) is 61.0 Å². The Labute approximate surface area is 106 Å². The third-order valence-corrected chi connectivity index (χ3v) is 2.14. The van der Waals surface area contributed by atoms with Crippen LogP contribution in [-0.2, 0) is 0 Å². The number of nitrogens with zero attached hydrogens (tertiary/aromatic N) is 2. The molecule has 0 fully saturated rings. The summed E-state index contributed by atoms with van der Waals surface area (Å²) < 4.78 is 5.49. The van der Waals surface area contributed by atoms with Crippen LogP contribution in [0.3, 0.4) is 0 Å². The zero-order valence-electron chi connectivity index (χ0n) is 9.41. The number of nitrogens with two attached hydrogens (primary N) is 1. The predicted octanol–water partition coefficient (Wildman–Crippen LogP) is 2.71. The molecule has 1 atom stereocenters. The summed E-state index contributed by atoms with van der Waals surface area (Å²) in [5, 5.41) is 0. The molecule has 0 saturated heterocycles. The molecule has 0 bridgehead atoms. The van der Waals surface area contributed by atoms with Crippen LogP contribution in [-0.4, -0.2) is 9.97 Å². The average molecular weight is 252 g/mol. The van der Waals surface area contributed by atoms with E-state index in [1.807, 2.05) is 31.2 Å². The van der Waals surface area contributed by atoms with E-state index in [2.05, 4.69) is 9.97 Å². The van der Waals surface area contributed by atoms with Crippen LogP contribution in [0.1, 0.15) is 18.5 Å². The molecule has 5 heteroatoms. The third kappa shape index (κ3) is 3.69. The van der Waals surface area contributed by atoms with E-state index in [9.17, 15) is 0 Å². The van der Waals surface area contributed by atoms with Gasteiger partial charge < -0.3 is 10.5 Å². The van der Waals surface area contributed by atoms with E-state index in [0.717, 1.165) is 5.56 Å². The normalized spacial score (nSPS) is 11.4. The van der Waals surface area contributed by atoms with Gasteiger partial charge in [0.25, 0.3) is 0 Å². The maximum atomic E-state index is 5.79. The first kappa shape index (κ1) is 13.4. The fourth-order valence-corrected chi connectivity index (χ4v) is 1.30. The molecule has 1 aromatic heterocycles. The highest BCUT2D eigenvalue weighted by atomic mass is 35.5. The quantitative estimate of drug-likeness (QED) is 0.911. The molecule has 0 spiro atoms. The van der Waals surface area contributed by atoms with Crippen LogP contribution in [0, 0.1) is 0 Å². The molecule has 1 heterocycles. The first-order chi connectivity index (χ1) is 7.75. The van der Waals surface area contributed by atoms with Crippen molar-refractivity contribution in [1.29, 1.82) is 0 Å². The minimum atomic E-state index is -0.0137. The average Bonchev–Trinajstić information content (AvgIpc) is 2.30. The van der Waals surface area contributed by atoms with Crippen molar-refractivity contribution in [2.75, 3.05) is 0 Å². The molecular weight excluding hydrogens is 238 g/mol. The Morgan fingerprint density at radius 2 is 1.88 bits per heavy atom. The summed E-state index contributed by atoms with van der Waals surface area (Å²) in [6.07, 6.45) is 3.27. The molecule has 0 saturated carbocycles. The predicted molar refractivity (Wildman–Crippen MR) is 68.4 cm³/mol. The molecule has 1 aromatic carbocycles. The Morgan fingerprint density at radius 3 is 2.53 bits per heavy atom. The second-order valence-electron chi connectivity index (χ2n) is 3.49. The Bertz CT molecular complexity index is 462. The maximum absolute atomic E-state index is 5.79. The van der Waals surface area contributed by atoms with Crippen molar-refractivity contribution >= 4 is 12.4 Å². The SMILES string of the molecule is CC(N)c1cccc(Oc2ncccn2)c1.Cl. The molecule has 90 valence electrons. The van der Waals surface area contributed by atoms with E-state index >= 15 is 0 Å². The van der Waals surface area contributed by atoms with Gasteiger partial charge in [-0.1, -0.05) is 12.1 Å². The van der Waals surface area contributed by atoms with E-state index in [1.54, 1.807) is 18.5 Å². The second kappa shape index (κ2) is 6.18. The van der Waals surface area contributed by atoms with Crippen LogP contribution >= 0.6 is 12.4 Å². The number of benzene rings is 1. The lowest BCUT2D eigenvalue weighted by Crippen LogP contribution is -2.04. The Balaban J connectivity index is 0.00000144. The van der Waals surface area contributed by atoms with Crippen LogP contribution < -0.4 is 10.5 Å². The smallest absolute Gasteiger partial charge is 0.321 e. The highest BCUT2D eigenvalue weighted by molar-refractivity contribution is 5.85. The molecule has 4 nitrogen and oxygen atoms in total. The maximum Gasteiger partial charge on any atom is 0.321 e. The van der Waals surface area contributed by atoms with Gasteiger partial charge in [-0.25, -0.2) is 9.97 Å². The van der Waals surface area contributed by atoms with Crippen molar-refractivity contribution in [3.63, 3.8) is 0 Å². The summed E-state index contributed by atoms with van der Waals surface area (Å²) in [5.41, 5.74) is 6.81. The standard InChI is InChI=1S/C12H13N3O.ClH/c1-9(13)10-4-2-5-11(8-10)16-12-14-6-3-7-15-12;/h2-9H,13H2,1H3;1H.